The van der Waals surface area contributed by atoms with Gasteiger partial charge in [0.1, 0.15) is 5.71 Å². The standard InChI is InChI=1S/C12H15N3O/c13-10-6-2-1-5-9(10)11(14)12(16)15-7-3-4-8-15/h1-2,5-6,14H,3-4,7-8,13H2. The molecule has 1 heterocycles. The second-order valence-corrected chi connectivity index (χ2v) is 3.96. The maximum Gasteiger partial charge on any atom is 0.272 e. The number of nitrogens with zero attached hydrogens (tertiary/aromatic N) is 1. The fourth-order valence-corrected chi connectivity index (χ4v) is 1.92. The fraction of sp³-hybridized carbons (Fsp3) is 0.333. The number of rotatable bonds is 2. The van der Waals surface area contributed by atoms with Crippen LogP contribution in [0.3, 0.4) is 0 Å². The maximum absolute atomic E-state index is 11.9. The lowest BCUT2D eigenvalue weighted by Gasteiger charge is -2.16. The summed E-state index contributed by atoms with van der Waals surface area (Å²) in [4.78, 5) is 13.7. The van der Waals surface area contributed by atoms with Gasteiger partial charge in [-0.25, -0.2) is 0 Å². The van der Waals surface area contributed by atoms with Crippen LogP contribution >= 0.6 is 0 Å². The van der Waals surface area contributed by atoms with E-state index in [1.54, 1.807) is 29.2 Å². The molecule has 0 bridgehead atoms. The van der Waals surface area contributed by atoms with Gasteiger partial charge >= 0.3 is 0 Å². The maximum atomic E-state index is 11.9. The van der Waals surface area contributed by atoms with Crippen LogP contribution in [0.1, 0.15) is 18.4 Å². The Bertz CT molecular complexity index is 422. The normalized spacial score (nSPS) is 15.1. The van der Waals surface area contributed by atoms with Crippen LogP contribution in [-0.4, -0.2) is 29.6 Å². The predicted octanol–water partition coefficient (Wildman–Crippen LogP) is 1.26. The van der Waals surface area contributed by atoms with E-state index in [9.17, 15) is 4.79 Å². The van der Waals surface area contributed by atoms with Gasteiger partial charge in [0, 0.05) is 24.3 Å². The van der Waals surface area contributed by atoms with E-state index in [1.807, 2.05) is 0 Å². The van der Waals surface area contributed by atoms with E-state index in [0.29, 0.717) is 11.3 Å². The van der Waals surface area contributed by atoms with E-state index in [0.717, 1.165) is 25.9 Å². The van der Waals surface area contributed by atoms with Gasteiger partial charge in [-0.1, -0.05) is 18.2 Å². The minimum Gasteiger partial charge on any atom is -0.398 e. The van der Waals surface area contributed by atoms with Gasteiger partial charge in [-0.05, 0) is 18.9 Å². The number of nitrogens with one attached hydrogen (secondary N) is 1. The van der Waals surface area contributed by atoms with Gasteiger partial charge in [0.15, 0.2) is 0 Å². The number of nitrogen functional groups attached to an aromatic ring is 1. The Balaban J connectivity index is 2.19. The molecule has 16 heavy (non-hydrogen) atoms. The molecule has 3 N–H and O–H groups in total. The summed E-state index contributed by atoms with van der Waals surface area (Å²) in [6.45, 7) is 1.52. The molecule has 1 saturated heterocycles. The zero-order valence-electron chi connectivity index (χ0n) is 9.07. The summed E-state index contributed by atoms with van der Waals surface area (Å²) in [5.41, 5.74) is 6.76. The van der Waals surface area contributed by atoms with Crippen molar-refractivity contribution in [3.05, 3.63) is 29.8 Å². The second kappa shape index (κ2) is 4.35. The van der Waals surface area contributed by atoms with Crippen LogP contribution in [0.2, 0.25) is 0 Å². The van der Waals surface area contributed by atoms with Crippen molar-refractivity contribution in [2.24, 2.45) is 0 Å². The van der Waals surface area contributed by atoms with Crippen molar-refractivity contribution in [2.45, 2.75) is 12.8 Å². The van der Waals surface area contributed by atoms with Gasteiger partial charge in [-0.15, -0.1) is 0 Å². The van der Waals surface area contributed by atoms with Crippen molar-refractivity contribution in [3.8, 4) is 0 Å². The molecule has 4 heteroatoms. The third kappa shape index (κ3) is 1.91. The minimum absolute atomic E-state index is 0.000000000000000444. The molecule has 1 aromatic rings. The molecule has 4 nitrogen and oxygen atoms in total. The highest BCUT2D eigenvalue weighted by Crippen LogP contribution is 2.15. The van der Waals surface area contributed by atoms with E-state index < -0.39 is 0 Å². The summed E-state index contributed by atoms with van der Waals surface area (Å²) in [5.74, 6) is -0.213. The summed E-state index contributed by atoms with van der Waals surface area (Å²) < 4.78 is 0. The topological polar surface area (TPSA) is 70.2 Å². The number of para-hydroxylation sites is 1. The van der Waals surface area contributed by atoms with Gasteiger partial charge in [-0.2, -0.15) is 0 Å². The van der Waals surface area contributed by atoms with Crippen LogP contribution in [-0.2, 0) is 4.79 Å². The van der Waals surface area contributed by atoms with E-state index in [-0.39, 0.29) is 11.6 Å². The summed E-state index contributed by atoms with van der Waals surface area (Å²) in [6, 6.07) is 7.01. The first kappa shape index (κ1) is 10.7. The van der Waals surface area contributed by atoms with Gasteiger partial charge in [0.2, 0.25) is 0 Å². The van der Waals surface area contributed by atoms with Crippen LogP contribution < -0.4 is 5.73 Å². The highest BCUT2D eigenvalue weighted by Gasteiger charge is 2.23. The first-order chi connectivity index (χ1) is 7.70. The molecule has 84 valence electrons. The third-order valence-corrected chi connectivity index (χ3v) is 2.84. The molecule has 0 aromatic heterocycles. The molecular weight excluding hydrogens is 202 g/mol. The van der Waals surface area contributed by atoms with E-state index >= 15 is 0 Å². The number of carbonyl (C=O) groups excluding carboxylic acids is 1. The molecule has 1 fully saturated rings. The van der Waals surface area contributed by atoms with E-state index in [1.165, 1.54) is 0 Å². The predicted molar refractivity (Wildman–Crippen MR) is 63.5 cm³/mol. The average Bonchev–Trinajstić information content (AvgIpc) is 2.81. The van der Waals surface area contributed by atoms with E-state index in [4.69, 9.17) is 11.1 Å². The summed E-state index contributed by atoms with van der Waals surface area (Å²) in [6.07, 6.45) is 2.06. The number of benzene rings is 1. The molecule has 2 rings (SSSR count). The number of likely N-dealkylation sites (tertiary alicyclic amines) is 1. The fourth-order valence-electron chi connectivity index (χ4n) is 1.92. The number of hydrogen-bond donors (Lipinski definition) is 2. The van der Waals surface area contributed by atoms with Crippen LogP contribution in [0.5, 0.6) is 0 Å². The quantitative estimate of drug-likeness (QED) is 0.578. The second-order valence-electron chi connectivity index (χ2n) is 3.96. The molecule has 0 atom stereocenters. The Morgan fingerprint density at radius 1 is 1.25 bits per heavy atom. The van der Waals surface area contributed by atoms with Crippen LogP contribution in [0.25, 0.3) is 0 Å². The number of carbonyl (C=O) groups is 1. The van der Waals surface area contributed by atoms with Crippen LogP contribution in [0.15, 0.2) is 24.3 Å². The number of amides is 1. The molecule has 0 radical (unpaired) electrons. The van der Waals surface area contributed by atoms with Crippen LogP contribution in [0, 0.1) is 5.41 Å². The van der Waals surface area contributed by atoms with Gasteiger partial charge in [-0.3, -0.25) is 10.2 Å². The van der Waals surface area contributed by atoms with Gasteiger partial charge in [0.25, 0.3) is 5.91 Å². The van der Waals surface area contributed by atoms with Crippen molar-refractivity contribution in [2.75, 3.05) is 18.8 Å². The SMILES string of the molecule is N=C(C(=O)N1CCCC1)c1ccccc1N. The molecular formula is C12H15N3O. The van der Waals surface area contributed by atoms with Gasteiger partial charge < -0.3 is 10.6 Å². The van der Waals surface area contributed by atoms with E-state index in [2.05, 4.69) is 0 Å². The largest absolute Gasteiger partial charge is 0.398 e. The average molecular weight is 217 g/mol. The van der Waals surface area contributed by atoms with Crippen molar-refractivity contribution in [1.29, 1.82) is 5.41 Å². The third-order valence-electron chi connectivity index (χ3n) is 2.84. The zero-order valence-corrected chi connectivity index (χ0v) is 9.07. The number of anilines is 1. The Kier molecular flexibility index (Phi) is 2.90. The lowest BCUT2D eigenvalue weighted by Crippen LogP contribution is -2.34. The molecule has 1 aliphatic heterocycles. The highest BCUT2D eigenvalue weighted by molar-refractivity contribution is 6.45. The molecule has 0 spiro atoms. The summed E-state index contributed by atoms with van der Waals surface area (Å²) in [7, 11) is 0. The molecule has 1 aliphatic rings. The molecule has 1 aromatic carbocycles. The lowest BCUT2D eigenvalue weighted by molar-refractivity contribution is -0.123. The smallest absolute Gasteiger partial charge is 0.272 e. The highest BCUT2D eigenvalue weighted by atomic mass is 16.2. The van der Waals surface area contributed by atoms with Gasteiger partial charge in [0.05, 0.1) is 0 Å². The number of nitrogens with two attached hydrogens (primary N) is 1. The van der Waals surface area contributed by atoms with Crippen LogP contribution in [0.4, 0.5) is 5.69 Å². The Morgan fingerprint density at radius 2 is 1.88 bits per heavy atom. The summed E-state index contributed by atoms with van der Waals surface area (Å²) >= 11 is 0. The Labute approximate surface area is 94.6 Å². The number of hydrogen-bond acceptors (Lipinski definition) is 3. The Morgan fingerprint density at radius 3 is 2.50 bits per heavy atom. The van der Waals surface area contributed by atoms with Crippen molar-refractivity contribution in [1.82, 2.24) is 4.90 Å². The Hall–Kier alpha value is -1.84. The van der Waals surface area contributed by atoms with Crippen molar-refractivity contribution in [3.63, 3.8) is 0 Å². The molecule has 0 unspecified atom stereocenters. The molecule has 1 amide bonds. The first-order valence-corrected chi connectivity index (χ1v) is 5.43. The monoisotopic (exact) mass is 217 g/mol. The molecule has 0 saturated carbocycles. The van der Waals surface area contributed by atoms with Crippen molar-refractivity contribution < 1.29 is 4.79 Å². The summed E-state index contributed by atoms with van der Waals surface area (Å²) in [5, 5.41) is 7.87. The zero-order chi connectivity index (χ0) is 11.5. The first-order valence-electron chi connectivity index (χ1n) is 5.43. The van der Waals surface area contributed by atoms with Crippen molar-refractivity contribution >= 4 is 17.3 Å². The lowest BCUT2D eigenvalue weighted by atomic mass is 10.1. The minimum atomic E-state index is -0.213. The molecule has 0 aliphatic carbocycles.